The van der Waals surface area contributed by atoms with Gasteiger partial charge in [0, 0.05) is 33.8 Å². The average molecular weight is 824 g/mol. The molecule has 0 aliphatic carbocycles. The lowest BCUT2D eigenvalue weighted by atomic mass is 9.79. The lowest BCUT2D eigenvalue weighted by Crippen LogP contribution is -2.17. The van der Waals surface area contributed by atoms with Gasteiger partial charge in [-0.2, -0.15) is 0 Å². The summed E-state index contributed by atoms with van der Waals surface area (Å²) in [4.78, 5) is 10.7. The minimum absolute atomic E-state index is 0.178. The molecule has 5 heteroatoms. The maximum Gasteiger partial charge on any atom is 0.149 e. The monoisotopic (exact) mass is 823 g/mol. The largest absolute Gasteiger partial charge is 0.507 e. The third-order valence-electron chi connectivity index (χ3n) is 12.6. The van der Waals surface area contributed by atoms with Gasteiger partial charge in [0.25, 0.3) is 0 Å². The maximum absolute atomic E-state index is 12.5. The summed E-state index contributed by atoms with van der Waals surface area (Å²) < 4.78 is 8.79. The van der Waals surface area contributed by atoms with Crippen LogP contribution in [0.2, 0.25) is 0 Å². The van der Waals surface area contributed by atoms with Gasteiger partial charge in [-0.1, -0.05) is 159 Å². The molecule has 1 N–H and O–H groups in total. The molecule has 10 aromatic rings. The second-order valence-electron chi connectivity index (χ2n) is 20.1. The molecule has 0 atom stereocenters. The predicted octanol–water partition coefficient (Wildman–Crippen LogP) is 15.7. The SMILES string of the molecule is CC(C)(C)c1cc(-c2cccc3c2nc(-c2cc(C(C)(C)C)cc(C(C)(C)C)c2O)n3-c2ccccc2-c2ccccc2)cc(-c2nccc3oc4cc5ccccc5cc4c23)c1. The Morgan fingerprint density at radius 1 is 0.524 bits per heavy atom. The molecule has 312 valence electrons. The minimum Gasteiger partial charge on any atom is -0.507 e. The highest BCUT2D eigenvalue weighted by atomic mass is 16.3. The molecule has 63 heavy (non-hydrogen) atoms. The van der Waals surface area contributed by atoms with Crippen molar-refractivity contribution in [3.63, 3.8) is 0 Å². The van der Waals surface area contributed by atoms with E-state index in [1.54, 1.807) is 0 Å². The molecule has 0 aliphatic heterocycles. The molecule has 3 heterocycles. The van der Waals surface area contributed by atoms with Gasteiger partial charge in [-0.15, -0.1) is 0 Å². The number of para-hydroxylation sites is 2. The van der Waals surface area contributed by atoms with Crippen molar-refractivity contribution in [2.45, 2.75) is 78.6 Å². The Labute approximate surface area is 369 Å². The number of hydrogen-bond donors (Lipinski definition) is 1. The van der Waals surface area contributed by atoms with Gasteiger partial charge in [0.15, 0.2) is 0 Å². The first-order chi connectivity index (χ1) is 30.0. The number of imidazole rings is 1. The number of nitrogens with zero attached hydrogens (tertiary/aromatic N) is 3. The molecule has 0 fully saturated rings. The van der Waals surface area contributed by atoms with Crippen LogP contribution < -0.4 is 0 Å². The Kier molecular flexibility index (Phi) is 9.27. The summed E-state index contributed by atoms with van der Waals surface area (Å²) in [7, 11) is 0. The van der Waals surface area contributed by atoms with E-state index < -0.39 is 0 Å². The van der Waals surface area contributed by atoms with E-state index in [1.165, 1.54) is 5.56 Å². The van der Waals surface area contributed by atoms with Crippen molar-refractivity contribution >= 4 is 43.7 Å². The Bertz CT molecular complexity index is 3400. The summed E-state index contributed by atoms with van der Waals surface area (Å²) in [6.45, 7) is 19.9. The van der Waals surface area contributed by atoms with E-state index in [4.69, 9.17) is 14.4 Å². The number of fused-ring (bicyclic) bond motifs is 5. The van der Waals surface area contributed by atoms with Crippen LogP contribution in [0.1, 0.15) is 79.0 Å². The van der Waals surface area contributed by atoms with Gasteiger partial charge < -0.3 is 9.52 Å². The topological polar surface area (TPSA) is 64.1 Å². The quantitative estimate of drug-likeness (QED) is 0.188. The molecule has 0 aliphatic rings. The number of benzene rings is 7. The minimum atomic E-state index is -0.321. The van der Waals surface area contributed by atoms with Gasteiger partial charge in [-0.3, -0.25) is 9.55 Å². The highest BCUT2D eigenvalue weighted by Gasteiger charge is 2.30. The van der Waals surface area contributed by atoms with Crippen LogP contribution in [-0.4, -0.2) is 19.6 Å². The fourth-order valence-corrected chi connectivity index (χ4v) is 9.08. The van der Waals surface area contributed by atoms with Crippen LogP contribution in [0.15, 0.2) is 156 Å². The lowest BCUT2D eigenvalue weighted by molar-refractivity contribution is 0.446. The number of hydrogen-bond acceptors (Lipinski definition) is 4. The second kappa shape index (κ2) is 14.6. The van der Waals surface area contributed by atoms with E-state index in [0.717, 1.165) is 94.1 Å². The van der Waals surface area contributed by atoms with Crippen molar-refractivity contribution in [3.8, 4) is 56.3 Å². The Hall–Kier alpha value is -6.98. The second-order valence-corrected chi connectivity index (χ2v) is 20.1. The van der Waals surface area contributed by atoms with Crippen molar-refractivity contribution in [2.75, 3.05) is 0 Å². The fraction of sp³-hybridized carbons (Fsp3) is 0.207. The van der Waals surface area contributed by atoms with E-state index in [9.17, 15) is 5.11 Å². The molecule has 10 rings (SSSR count). The molecule has 7 aromatic carbocycles. The third-order valence-corrected chi connectivity index (χ3v) is 12.6. The molecule has 0 spiro atoms. The molecule has 5 nitrogen and oxygen atoms in total. The van der Waals surface area contributed by atoms with Crippen molar-refractivity contribution in [3.05, 3.63) is 168 Å². The van der Waals surface area contributed by atoms with E-state index in [-0.39, 0.29) is 22.0 Å². The Balaban J connectivity index is 1.28. The molecule has 0 saturated heterocycles. The van der Waals surface area contributed by atoms with Crippen molar-refractivity contribution in [1.82, 2.24) is 14.5 Å². The molecule has 0 unspecified atom stereocenters. The first-order valence-electron chi connectivity index (χ1n) is 22.0. The predicted molar refractivity (Wildman–Crippen MR) is 263 cm³/mol. The maximum atomic E-state index is 12.5. The molecule has 0 saturated carbocycles. The summed E-state index contributed by atoms with van der Waals surface area (Å²) in [6, 6.07) is 51.4. The number of phenols is 1. The number of aromatic hydroxyl groups is 1. The molecular weight excluding hydrogens is 771 g/mol. The number of aromatic nitrogens is 3. The number of furan rings is 1. The molecule has 0 bridgehead atoms. The van der Waals surface area contributed by atoms with E-state index >= 15 is 0 Å². The summed E-state index contributed by atoms with van der Waals surface area (Å²) >= 11 is 0. The summed E-state index contributed by atoms with van der Waals surface area (Å²) in [6.07, 6.45) is 1.85. The summed E-state index contributed by atoms with van der Waals surface area (Å²) in [5.74, 6) is 0.938. The normalized spacial score (nSPS) is 12.6. The number of rotatable bonds is 5. The van der Waals surface area contributed by atoms with Crippen LogP contribution in [0.4, 0.5) is 0 Å². The van der Waals surface area contributed by atoms with Gasteiger partial charge in [0.1, 0.15) is 22.7 Å². The van der Waals surface area contributed by atoms with Crippen LogP contribution in [-0.2, 0) is 16.2 Å². The zero-order valence-electron chi connectivity index (χ0n) is 37.6. The van der Waals surface area contributed by atoms with Crippen LogP contribution in [0.25, 0.3) is 94.3 Å². The third kappa shape index (κ3) is 6.96. The van der Waals surface area contributed by atoms with Crippen molar-refractivity contribution in [1.29, 1.82) is 0 Å². The van der Waals surface area contributed by atoms with Gasteiger partial charge in [0.2, 0.25) is 0 Å². The average Bonchev–Trinajstić information content (AvgIpc) is 3.83. The first kappa shape index (κ1) is 40.1. The first-order valence-corrected chi connectivity index (χ1v) is 22.0. The lowest BCUT2D eigenvalue weighted by Gasteiger charge is -2.27. The zero-order valence-corrected chi connectivity index (χ0v) is 37.6. The zero-order chi connectivity index (χ0) is 44.0. The Morgan fingerprint density at radius 3 is 1.90 bits per heavy atom. The Morgan fingerprint density at radius 2 is 1.17 bits per heavy atom. The van der Waals surface area contributed by atoms with Crippen LogP contribution in [0.5, 0.6) is 5.75 Å². The van der Waals surface area contributed by atoms with Crippen LogP contribution in [0.3, 0.4) is 0 Å². The molecular formula is C58H53N3O2. The fourth-order valence-electron chi connectivity index (χ4n) is 9.08. The molecule has 0 radical (unpaired) electrons. The van der Waals surface area contributed by atoms with E-state index in [2.05, 4.69) is 200 Å². The van der Waals surface area contributed by atoms with Gasteiger partial charge in [0.05, 0.1) is 33.4 Å². The molecule has 0 amide bonds. The van der Waals surface area contributed by atoms with Gasteiger partial charge in [-0.05, 0) is 97.8 Å². The van der Waals surface area contributed by atoms with Crippen LogP contribution in [0, 0.1) is 0 Å². The van der Waals surface area contributed by atoms with E-state index in [1.807, 2.05) is 18.3 Å². The van der Waals surface area contributed by atoms with E-state index in [0.29, 0.717) is 11.4 Å². The number of phenolic OH excluding ortho intramolecular Hbond substituents is 1. The van der Waals surface area contributed by atoms with Crippen molar-refractivity contribution < 1.29 is 9.52 Å². The highest BCUT2D eigenvalue weighted by Crippen LogP contribution is 2.46. The smallest absolute Gasteiger partial charge is 0.149 e. The number of pyridine rings is 1. The molecule has 3 aromatic heterocycles. The van der Waals surface area contributed by atoms with Crippen LogP contribution >= 0.6 is 0 Å². The van der Waals surface area contributed by atoms with Crippen molar-refractivity contribution in [2.24, 2.45) is 0 Å². The highest BCUT2D eigenvalue weighted by molar-refractivity contribution is 6.15. The van der Waals surface area contributed by atoms with Gasteiger partial charge in [-0.25, -0.2) is 4.98 Å². The summed E-state index contributed by atoms with van der Waals surface area (Å²) in [5, 5.41) is 16.8. The van der Waals surface area contributed by atoms with Gasteiger partial charge >= 0.3 is 0 Å². The standard InChI is InChI=1S/C58H53N3O2/c1-56(2,3)40-29-38(28-39(30-40)52-51-44-31-36-20-13-14-21-37(36)32-50(44)63-49(51)26-27-59-52)43-23-17-25-48-53(43)60-55(45-33-41(57(4,5)6)34-46(54(45)62)58(7,8)9)61(48)47-24-16-15-22-42(47)35-18-11-10-12-19-35/h10-34,62H,1-9H3. The summed E-state index contributed by atoms with van der Waals surface area (Å²) in [5.41, 5.74) is 13.8.